The van der Waals surface area contributed by atoms with Gasteiger partial charge < -0.3 is 4.74 Å². The number of hydrogen-bond acceptors (Lipinski definition) is 5. The molecule has 2 heterocycles. The highest BCUT2D eigenvalue weighted by Crippen LogP contribution is 2.39. The Morgan fingerprint density at radius 2 is 0.831 bits per heavy atom. The molecule has 0 radical (unpaired) electrons. The summed E-state index contributed by atoms with van der Waals surface area (Å²) in [4.78, 5) is -0.0712. The van der Waals surface area contributed by atoms with E-state index in [4.69, 9.17) is 11.2 Å². The number of ether oxygens (including phenoxy) is 1. The zero-order chi connectivity index (χ0) is 42.7. The van der Waals surface area contributed by atoms with Crippen molar-refractivity contribution >= 4 is 20.0 Å². The van der Waals surface area contributed by atoms with Crippen molar-refractivity contribution < 1.29 is 30.4 Å². The summed E-state index contributed by atoms with van der Waals surface area (Å²) in [5, 5.41) is 0. The molecule has 2 aromatic carbocycles. The van der Waals surface area contributed by atoms with Crippen molar-refractivity contribution in [3.8, 4) is 166 Å². The van der Waals surface area contributed by atoms with Crippen LogP contribution in [0, 0.1) is 178 Å². The first-order chi connectivity index (χ1) is 28.6. The van der Waals surface area contributed by atoms with Crippen LogP contribution in [-0.2, 0) is 24.8 Å². The average Bonchev–Trinajstić information content (AvgIpc) is 3.65. The minimum Gasteiger partial charge on any atom is -0.358 e. The molecule has 0 aromatic heterocycles. The Kier molecular flexibility index (Phi) is 18.8. The van der Waals surface area contributed by atoms with Crippen molar-refractivity contribution in [1.82, 2.24) is 8.61 Å². The van der Waals surface area contributed by atoms with Crippen LogP contribution in [0.25, 0.3) is 0 Å². The number of hydrogen-bond donors (Lipinski definition) is 0. The fraction of sp³-hybridized carbons (Fsp3) is 0.167. The molecular formula is C48H24F2N2O5S2. The quantitative estimate of drug-likeness (QED) is 0.445. The van der Waals surface area contributed by atoms with Gasteiger partial charge in [0.15, 0.2) is 0 Å². The van der Waals surface area contributed by atoms with Crippen LogP contribution in [0.1, 0.15) is 19.8 Å². The third-order valence-corrected chi connectivity index (χ3v) is 11.0. The van der Waals surface area contributed by atoms with E-state index in [9.17, 15) is 25.6 Å². The predicted octanol–water partition coefficient (Wildman–Crippen LogP) is 2.85. The van der Waals surface area contributed by atoms with Crippen LogP contribution in [0.5, 0.6) is 0 Å². The van der Waals surface area contributed by atoms with E-state index < -0.39 is 37.4 Å². The maximum absolute atomic E-state index is 13.2. The Morgan fingerprint density at radius 1 is 0.508 bits per heavy atom. The van der Waals surface area contributed by atoms with Gasteiger partial charge in [-0.3, -0.25) is 0 Å². The maximum Gasteiger partial charge on any atom is 0.245 e. The number of rotatable bonds is 4. The topological polar surface area (TPSA) is 84.0 Å². The van der Waals surface area contributed by atoms with Crippen LogP contribution in [0.3, 0.4) is 0 Å². The molecule has 0 aliphatic carbocycles. The average molecular weight is 811 g/mol. The standard InChI is InChI=1S/C29H4.C19H20F2N2O5S2/c1-3-5-7-9-11-13-15-17-19-21-23-25-27-29-28-26-24-22-20-18-16-14-12-10-8-6-4-2;20-15-1-5-17(6-2-15)29(24,25)22-11-9-19(10-12-22)23(13-14-28-19)30(26,27)18-7-3-16(21)4-8-18/h1H,2H3;1-8H,9-14H2. The summed E-state index contributed by atoms with van der Waals surface area (Å²) in [6.45, 7) is 2.11. The van der Waals surface area contributed by atoms with E-state index >= 15 is 0 Å². The molecule has 0 N–H and O–H groups in total. The van der Waals surface area contributed by atoms with Crippen LogP contribution in [0.2, 0.25) is 0 Å². The summed E-state index contributed by atoms with van der Waals surface area (Å²) in [5.74, 6) is 65.8. The highest BCUT2D eigenvalue weighted by Gasteiger charge is 2.51. The molecule has 2 fully saturated rings. The Balaban J connectivity index is 0.000000316. The molecule has 7 nitrogen and oxygen atoms in total. The monoisotopic (exact) mass is 810 g/mol. The Morgan fingerprint density at radius 3 is 1.17 bits per heavy atom. The summed E-state index contributed by atoms with van der Waals surface area (Å²) < 4.78 is 86.5. The number of halogens is 2. The molecular weight excluding hydrogens is 787 g/mol. The van der Waals surface area contributed by atoms with Crippen molar-refractivity contribution in [3.05, 3.63) is 60.2 Å². The molecule has 0 bridgehead atoms. The summed E-state index contributed by atoms with van der Waals surface area (Å²) in [7, 11) is -7.77. The highest BCUT2D eigenvalue weighted by atomic mass is 32.2. The first-order valence-electron chi connectivity index (χ1n) is 16.6. The lowest BCUT2D eigenvalue weighted by atomic mass is 10.0. The van der Waals surface area contributed by atoms with Gasteiger partial charge in [-0.05, 0) is 150 Å². The largest absolute Gasteiger partial charge is 0.358 e. The van der Waals surface area contributed by atoms with E-state index in [1.165, 1.54) is 32.9 Å². The molecule has 2 aliphatic rings. The zero-order valence-corrected chi connectivity index (χ0v) is 32.6. The zero-order valence-electron chi connectivity index (χ0n) is 30.9. The predicted molar refractivity (Wildman–Crippen MR) is 219 cm³/mol. The number of sulfonamides is 2. The van der Waals surface area contributed by atoms with Gasteiger partial charge >= 0.3 is 0 Å². The van der Waals surface area contributed by atoms with Crippen LogP contribution in [0.15, 0.2) is 58.3 Å². The number of terminal acetylenes is 1. The fourth-order valence-corrected chi connectivity index (χ4v) is 7.87. The molecule has 0 unspecified atom stereocenters. The van der Waals surface area contributed by atoms with E-state index in [1.54, 1.807) is 6.92 Å². The van der Waals surface area contributed by atoms with E-state index in [0.29, 0.717) is 0 Å². The van der Waals surface area contributed by atoms with E-state index in [2.05, 4.69) is 160 Å². The summed E-state index contributed by atoms with van der Waals surface area (Å²) in [6.07, 6.45) is 5.21. The van der Waals surface area contributed by atoms with Crippen LogP contribution in [-0.4, -0.2) is 57.4 Å². The number of nitrogens with zero attached hydrogens (tertiary/aromatic N) is 2. The maximum atomic E-state index is 13.2. The van der Waals surface area contributed by atoms with E-state index in [0.717, 1.165) is 24.3 Å². The molecule has 0 atom stereocenters. The second-order valence-electron chi connectivity index (χ2n) is 10.7. The molecule has 2 aliphatic heterocycles. The highest BCUT2D eigenvalue weighted by molar-refractivity contribution is 7.89. The molecule has 2 saturated heterocycles. The molecule has 11 heteroatoms. The summed E-state index contributed by atoms with van der Waals surface area (Å²) >= 11 is 0. The molecule has 0 amide bonds. The second-order valence-corrected chi connectivity index (χ2v) is 14.5. The third-order valence-electron chi connectivity index (χ3n) is 7.17. The van der Waals surface area contributed by atoms with Gasteiger partial charge in [-0.1, -0.05) is 5.92 Å². The van der Waals surface area contributed by atoms with Crippen molar-refractivity contribution in [2.75, 3.05) is 26.2 Å². The van der Waals surface area contributed by atoms with Crippen LogP contribution < -0.4 is 0 Å². The molecule has 4 rings (SSSR count). The van der Waals surface area contributed by atoms with Gasteiger partial charge in [0.05, 0.1) is 16.4 Å². The van der Waals surface area contributed by atoms with Crippen molar-refractivity contribution in [1.29, 1.82) is 0 Å². The molecule has 59 heavy (non-hydrogen) atoms. The van der Waals surface area contributed by atoms with Gasteiger partial charge in [-0.15, -0.1) is 6.42 Å². The lowest BCUT2D eigenvalue weighted by Gasteiger charge is -2.42. The lowest BCUT2D eigenvalue weighted by molar-refractivity contribution is -0.0806. The van der Waals surface area contributed by atoms with Crippen molar-refractivity contribution in [2.24, 2.45) is 0 Å². The second kappa shape index (κ2) is 24.4. The van der Waals surface area contributed by atoms with Gasteiger partial charge in [0.1, 0.15) is 17.4 Å². The normalized spacial score (nSPS) is 12.4. The summed E-state index contributed by atoms with van der Waals surface area (Å²) in [6, 6.07) is 9.11. The van der Waals surface area contributed by atoms with E-state index in [-0.39, 0.29) is 48.9 Å². The number of piperidine rings is 1. The van der Waals surface area contributed by atoms with Gasteiger partial charge in [0.2, 0.25) is 20.0 Å². The number of benzene rings is 2. The minimum atomic E-state index is -3.94. The van der Waals surface area contributed by atoms with Crippen LogP contribution in [0.4, 0.5) is 8.78 Å². The van der Waals surface area contributed by atoms with E-state index in [1.807, 2.05) is 0 Å². The first-order valence-corrected chi connectivity index (χ1v) is 19.5. The SMILES string of the molecule is C#CC#CC#CC#CC#CC#CC#CC#CC#CC#CC#CC#CC#CC#CC.O=S(=O)(c1ccc(F)cc1)N1CCC2(CC1)OCCN2S(=O)(=O)c1ccc(F)cc1. The molecule has 0 saturated carbocycles. The van der Waals surface area contributed by atoms with Gasteiger partial charge in [0.25, 0.3) is 0 Å². The third kappa shape index (κ3) is 15.2. The Hall–Kier alpha value is -8.08. The molecule has 282 valence electrons. The lowest BCUT2D eigenvalue weighted by Crippen LogP contribution is -2.55. The molecule has 1 spiro atoms. The van der Waals surface area contributed by atoms with Crippen molar-refractivity contribution in [2.45, 2.75) is 35.3 Å². The van der Waals surface area contributed by atoms with Gasteiger partial charge in [0, 0.05) is 91.7 Å². The van der Waals surface area contributed by atoms with Crippen LogP contribution >= 0.6 is 0 Å². The smallest absolute Gasteiger partial charge is 0.245 e. The van der Waals surface area contributed by atoms with Crippen molar-refractivity contribution in [3.63, 3.8) is 0 Å². The summed E-state index contributed by atoms with van der Waals surface area (Å²) in [5.41, 5.74) is -1.15. The Labute approximate surface area is 345 Å². The minimum absolute atomic E-state index is 0.0250. The van der Waals surface area contributed by atoms with Gasteiger partial charge in [-0.25, -0.2) is 25.6 Å². The van der Waals surface area contributed by atoms with Gasteiger partial charge in [-0.2, -0.15) is 8.61 Å². The Bertz CT molecular complexity index is 3080. The molecule has 2 aromatic rings. The first kappa shape index (κ1) is 45.3. The fourth-order valence-electron chi connectivity index (χ4n) is 4.71.